The lowest BCUT2D eigenvalue weighted by atomic mass is 10.1. The summed E-state index contributed by atoms with van der Waals surface area (Å²) in [5.74, 6) is 1.01. The van der Waals surface area contributed by atoms with Gasteiger partial charge < -0.3 is 15.8 Å². The molecule has 0 saturated carbocycles. The molecule has 20 heavy (non-hydrogen) atoms. The number of amides is 1. The Kier molecular flexibility index (Phi) is 4.38. The number of hydrogen-bond donors (Lipinski definition) is 2. The number of carbonyl (C=O) groups is 1. The lowest BCUT2D eigenvalue weighted by Gasteiger charge is -2.10. The number of hydrogen-bond acceptors (Lipinski definition) is 3. The highest BCUT2D eigenvalue weighted by Crippen LogP contribution is 2.24. The summed E-state index contributed by atoms with van der Waals surface area (Å²) in [6.45, 7) is 2.88. The van der Waals surface area contributed by atoms with Crippen molar-refractivity contribution in [2.45, 2.75) is 13.5 Å². The number of carbonyl (C=O) groups excluding carboxylic acids is 1. The van der Waals surface area contributed by atoms with Gasteiger partial charge in [-0.2, -0.15) is 0 Å². The molecule has 0 aliphatic carbocycles. The fraction of sp³-hybridized carbons (Fsp3) is 0.188. The van der Waals surface area contributed by atoms with Gasteiger partial charge in [0.25, 0.3) is 0 Å². The minimum Gasteiger partial charge on any atom is -0.457 e. The highest BCUT2D eigenvalue weighted by molar-refractivity contribution is 5.92. The number of primary amides is 1. The van der Waals surface area contributed by atoms with Crippen LogP contribution in [0, 0.1) is 6.92 Å². The number of aryl methyl sites for hydroxylation is 1. The third-order valence-electron chi connectivity index (χ3n) is 3.06. The van der Waals surface area contributed by atoms with Crippen LogP contribution in [-0.4, -0.2) is 13.0 Å². The smallest absolute Gasteiger partial charge is 0.248 e. The van der Waals surface area contributed by atoms with Gasteiger partial charge in [0.1, 0.15) is 11.5 Å². The van der Waals surface area contributed by atoms with Gasteiger partial charge in [0.15, 0.2) is 0 Å². The molecule has 0 fully saturated rings. The van der Waals surface area contributed by atoms with Crippen LogP contribution in [0.2, 0.25) is 0 Å². The molecule has 0 unspecified atom stereocenters. The average Bonchev–Trinajstić information content (AvgIpc) is 2.42. The van der Waals surface area contributed by atoms with Crippen LogP contribution < -0.4 is 15.8 Å². The van der Waals surface area contributed by atoms with Crippen molar-refractivity contribution < 1.29 is 9.53 Å². The summed E-state index contributed by atoms with van der Waals surface area (Å²) < 4.78 is 5.75. The Morgan fingerprint density at radius 2 is 1.80 bits per heavy atom. The molecule has 0 bridgehead atoms. The Balaban J connectivity index is 2.13. The van der Waals surface area contributed by atoms with Gasteiger partial charge in [-0.1, -0.05) is 6.07 Å². The molecule has 0 aliphatic rings. The summed E-state index contributed by atoms with van der Waals surface area (Å²) in [7, 11) is 1.92. The highest BCUT2D eigenvalue weighted by Gasteiger charge is 2.03. The largest absolute Gasteiger partial charge is 0.457 e. The highest BCUT2D eigenvalue weighted by atomic mass is 16.5. The Morgan fingerprint density at radius 3 is 2.35 bits per heavy atom. The molecule has 0 aromatic heterocycles. The maximum Gasteiger partial charge on any atom is 0.248 e. The summed E-state index contributed by atoms with van der Waals surface area (Å²) in [6.07, 6.45) is 0. The van der Waals surface area contributed by atoms with E-state index in [1.54, 1.807) is 24.3 Å². The Morgan fingerprint density at radius 1 is 1.15 bits per heavy atom. The van der Waals surface area contributed by atoms with E-state index in [0.29, 0.717) is 11.3 Å². The van der Waals surface area contributed by atoms with E-state index in [2.05, 4.69) is 12.2 Å². The number of benzene rings is 2. The minimum atomic E-state index is -0.441. The van der Waals surface area contributed by atoms with E-state index in [4.69, 9.17) is 10.5 Å². The van der Waals surface area contributed by atoms with Crippen molar-refractivity contribution in [3.05, 3.63) is 59.2 Å². The first-order chi connectivity index (χ1) is 9.60. The minimum absolute atomic E-state index is 0.441. The van der Waals surface area contributed by atoms with Crippen molar-refractivity contribution in [3.8, 4) is 11.5 Å². The molecule has 0 saturated heterocycles. The summed E-state index contributed by atoms with van der Waals surface area (Å²) in [4.78, 5) is 11.0. The Bertz CT molecular complexity index is 606. The summed E-state index contributed by atoms with van der Waals surface area (Å²) in [6, 6.07) is 12.7. The molecule has 2 rings (SSSR count). The zero-order chi connectivity index (χ0) is 14.5. The number of ether oxygens (including phenoxy) is 1. The molecule has 4 heteroatoms. The molecule has 2 aromatic rings. The van der Waals surface area contributed by atoms with Crippen molar-refractivity contribution in [3.63, 3.8) is 0 Å². The van der Waals surface area contributed by atoms with E-state index >= 15 is 0 Å². The van der Waals surface area contributed by atoms with Crippen molar-refractivity contribution >= 4 is 5.91 Å². The van der Waals surface area contributed by atoms with Gasteiger partial charge in [0.05, 0.1) is 0 Å². The van der Waals surface area contributed by atoms with Gasteiger partial charge >= 0.3 is 0 Å². The lowest BCUT2D eigenvalue weighted by molar-refractivity contribution is 0.100. The standard InChI is InChI=1S/C16H18N2O2/c1-11-9-15(8-5-13(11)10-18-2)20-14-6-3-12(4-7-14)16(17)19/h3-9,18H,10H2,1-2H3,(H2,17,19). The number of rotatable bonds is 5. The average molecular weight is 270 g/mol. The Hall–Kier alpha value is -2.33. The summed E-state index contributed by atoms with van der Waals surface area (Å²) in [5, 5.41) is 3.13. The lowest BCUT2D eigenvalue weighted by Crippen LogP contribution is -2.10. The van der Waals surface area contributed by atoms with Gasteiger partial charge in [0.2, 0.25) is 5.91 Å². The van der Waals surface area contributed by atoms with Crippen LogP contribution in [-0.2, 0) is 6.54 Å². The molecule has 0 aliphatic heterocycles. The van der Waals surface area contributed by atoms with Crippen LogP contribution in [0.15, 0.2) is 42.5 Å². The van der Waals surface area contributed by atoms with E-state index in [0.717, 1.165) is 12.3 Å². The molecule has 0 atom stereocenters. The maximum atomic E-state index is 11.0. The first-order valence-corrected chi connectivity index (χ1v) is 6.42. The molecule has 104 valence electrons. The molecular weight excluding hydrogens is 252 g/mol. The van der Waals surface area contributed by atoms with E-state index in [1.807, 2.05) is 25.2 Å². The van der Waals surface area contributed by atoms with Gasteiger partial charge in [-0.15, -0.1) is 0 Å². The maximum absolute atomic E-state index is 11.0. The SMILES string of the molecule is CNCc1ccc(Oc2ccc(C(N)=O)cc2)cc1C. The zero-order valence-electron chi connectivity index (χ0n) is 11.6. The summed E-state index contributed by atoms with van der Waals surface area (Å²) in [5.41, 5.74) is 8.08. The number of nitrogens with two attached hydrogens (primary N) is 1. The zero-order valence-corrected chi connectivity index (χ0v) is 11.6. The van der Waals surface area contributed by atoms with Crippen LogP contribution in [0.4, 0.5) is 0 Å². The van der Waals surface area contributed by atoms with Crippen molar-refractivity contribution in [1.29, 1.82) is 0 Å². The third kappa shape index (κ3) is 3.36. The number of nitrogens with one attached hydrogen (secondary N) is 1. The fourth-order valence-electron chi connectivity index (χ4n) is 1.94. The Labute approximate surface area is 118 Å². The van der Waals surface area contributed by atoms with Crippen LogP contribution in [0.1, 0.15) is 21.5 Å². The topological polar surface area (TPSA) is 64.3 Å². The quantitative estimate of drug-likeness (QED) is 0.877. The van der Waals surface area contributed by atoms with Crippen LogP contribution in [0.3, 0.4) is 0 Å². The van der Waals surface area contributed by atoms with Gasteiger partial charge in [0, 0.05) is 12.1 Å². The first kappa shape index (κ1) is 14.1. The molecule has 0 radical (unpaired) electrons. The monoisotopic (exact) mass is 270 g/mol. The molecule has 1 amide bonds. The van der Waals surface area contributed by atoms with Gasteiger partial charge in [-0.3, -0.25) is 4.79 Å². The van der Waals surface area contributed by atoms with Gasteiger partial charge in [-0.05, 0) is 61.5 Å². The van der Waals surface area contributed by atoms with Gasteiger partial charge in [-0.25, -0.2) is 0 Å². The third-order valence-corrected chi connectivity index (χ3v) is 3.06. The normalized spacial score (nSPS) is 10.3. The van der Waals surface area contributed by atoms with E-state index in [9.17, 15) is 4.79 Å². The second kappa shape index (κ2) is 6.21. The fourth-order valence-corrected chi connectivity index (χ4v) is 1.94. The second-order valence-electron chi connectivity index (χ2n) is 4.61. The van der Waals surface area contributed by atoms with E-state index in [1.165, 1.54) is 11.1 Å². The van der Waals surface area contributed by atoms with Crippen molar-refractivity contribution in [1.82, 2.24) is 5.32 Å². The van der Waals surface area contributed by atoms with Crippen LogP contribution >= 0.6 is 0 Å². The van der Waals surface area contributed by atoms with Crippen molar-refractivity contribution in [2.75, 3.05) is 7.05 Å². The molecule has 0 spiro atoms. The molecule has 0 heterocycles. The molecule has 4 nitrogen and oxygen atoms in total. The summed E-state index contributed by atoms with van der Waals surface area (Å²) >= 11 is 0. The molecular formula is C16H18N2O2. The molecule has 2 aromatic carbocycles. The second-order valence-corrected chi connectivity index (χ2v) is 4.61. The molecule has 3 N–H and O–H groups in total. The van der Waals surface area contributed by atoms with Crippen LogP contribution in [0.5, 0.6) is 11.5 Å². The predicted octanol–water partition coefficient (Wildman–Crippen LogP) is 2.61. The first-order valence-electron chi connectivity index (χ1n) is 6.42. The van der Waals surface area contributed by atoms with Crippen molar-refractivity contribution in [2.24, 2.45) is 5.73 Å². The van der Waals surface area contributed by atoms with E-state index in [-0.39, 0.29) is 0 Å². The predicted molar refractivity (Wildman–Crippen MR) is 79.0 cm³/mol. The van der Waals surface area contributed by atoms with Crippen LogP contribution in [0.25, 0.3) is 0 Å². The van der Waals surface area contributed by atoms with E-state index < -0.39 is 5.91 Å².